The first-order valence-electron chi connectivity index (χ1n) is 33.3. The molecule has 0 spiro atoms. The summed E-state index contributed by atoms with van der Waals surface area (Å²) >= 11 is 0. The zero-order chi connectivity index (χ0) is 62.2. The number of aliphatic hydroxyl groups excluding tert-OH is 3. The first-order chi connectivity index (χ1) is 41.3. The first-order valence-corrected chi connectivity index (χ1v) is 33.3. The van der Waals surface area contributed by atoms with Crippen LogP contribution in [0.4, 0.5) is 21.0 Å². The average Bonchev–Trinajstić information content (AvgIpc) is 3.63. The van der Waals surface area contributed by atoms with Gasteiger partial charge in [0.1, 0.15) is 25.9 Å². The zero-order valence-corrected chi connectivity index (χ0v) is 53.2. The van der Waals surface area contributed by atoms with Gasteiger partial charge in [0, 0.05) is 37.1 Å². The Hall–Kier alpha value is -5.06. The van der Waals surface area contributed by atoms with Gasteiger partial charge in [0.25, 0.3) is 0 Å². The van der Waals surface area contributed by atoms with Crippen molar-refractivity contribution in [1.29, 1.82) is 0 Å². The van der Waals surface area contributed by atoms with Gasteiger partial charge in [-0.05, 0) is 121 Å². The number of benzene rings is 1. The Labute approximate surface area is 512 Å². The van der Waals surface area contributed by atoms with Crippen LogP contribution in [0.5, 0.6) is 0 Å². The second kappa shape index (κ2) is 55.5. The summed E-state index contributed by atoms with van der Waals surface area (Å²) in [5.41, 5.74) is 1.50. The normalized spacial score (nSPS) is 13.0. The standard InChI is InChI=1S/C69H116N2O14/c1-5-8-11-32-41-59(73)43-34-26-20-14-17-23-29-38-47-65(76)81-55-63(84-67(78)49-40-31-25-18-15-21-27-35-44-60(74)42-33-12-9-6-2)56-82-66(77)48-39-30-24-19-16-22-28-37-46-62(45-36-13-10-7-3)85-69(80)70-58-51-50-57(4)64(52-58)71-68(79)83-54-61(75)53-72/h26-28,34-35,37,50-52,59-60,62-63,72-74H,5-25,29-33,36,38-49,53-56H2,1-4H3,(H,70,80)(H,71,79). The lowest BCUT2D eigenvalue weighted by atomic mass is 10.1. The van der Waals surface area contributed by atoms with Crippen LogP contribution in [0.2, 0.25) is 0 Å². The van der Waals surface area contributed by atoms with Crippen molar-refractivity contribution >= 4 is 47.3 Å². The van der Waals surface area contributed by atoms with Gasteiger partial charge in [-0.25, -0.2) is 9.59 Å². The van der Waals surface area contributed by atoms with Gasteiger partial charge in [-0.3, -0.25) is 29.8 Å². The molecule has 0 aliphatic heterocycles. The van der Waals surface area contributed by atoms with E-state index in [9.17, 15) is 39.0 Å². The molecule has 0 radical (unpaired) electrons. The second-order valence-electron chi connectivity index (χ2n) is 23.0. The molecule has 1 aromatic carbocycles. The van der Waals surface area contributed by atoms with E-state index >= 15 is 0 Å². The summed E-state index contributed by atoms with van der Waals surface area (Å²) in [4.78, 5) is 75.1. The van der Waals surface area contributed by atoms with Crippen LogP contribution in [0.25, 0.3) is 0 Å². The Morgan fingerprint density at radius 3 is 1.38 bits per heavy atom. The third-order valence-corrected chi connectivity index (χ3v) is 14.8. The van der Waals surface area contributed by atoms with Crippen LogP contribution < -0.4 is 10.6 Å². The van der Waals surface area contributed by atoms with Gasteiger partial charge in [-0.1, -0.05) is 192 Å². The molecule has 85 heavy (non-hydrogen) atoms. The van der Waals surface area contributed by atoms with Crippen molar-refractivity contribution in [3.63, 3.8) is 0 Å². The van der Waals surface area contributed by atoms with E-state index in [-0.39, 0.29) is 62.7 Å². The third kappa shape index (κ3) is 48.7. The molecule has 1 rings (SSSR count). The van der Waals surface area contributed by atoms with E-state index in [1.165, 1.54) is 38.5 Å². The molecule has 0 bridgehead atoms. The van der Waals surface area contributed by atoms with Gasteiger partial charge in [0.15, 0.2) is 18.5 Å². The molecule has 2 amide bonds. The van der Waals surface area contributed by atoms with E-state index in [0.29, 0.717) is 55.5 Å². The van der Waals surface area contributed by atoms with Gasteiger partial charge in [0.05, 0.1) is 12.2 Å². The minimum absolute atomic E-state index is 0.173. The lowest BCUT2D eigenvalue weighted by Crippen LogP contribution is -2.30. The molecule has 0 heterocycles. The molecule has 0 aromatic heterocycles. The number of ketones is 1. The SMILES string of the molecule is CCCCCCC(O)CC=CCCCCCCCC(=O)OCC(COC(=O)CCCCCCCC=CCC(CCCCCC)OC(=O)Nc1ccc(C)c(NC(=O)OCC(=O)CO)c1)OC(=O)CCCCCCCC=CCC(O)CCCCCC. The average molecular weight is 1200 g/mol. The van der Waals surface area contributed by atoms with E-state index in [1.54, 1.807) is 25.1 Å². The molecule has 16 nitrogen and oxygen atoms in total. The number of hydrogen-bond acceptors (Lipinski definition) is 14. The summed E-state index contributed by atoms with van der Waals surface area (Å²) in [6, 6.07) is 4.98. The maximum Gasteiger partial charge on any atom is 0.412 e. The molecule has 0 aliphatic carbocycles. The maximum atomic E-state index is 13.0. The van der Waals surface area contributed by atoms with Crippen molar-refractivity contribution in [2.24, 2.45) is 0 Å². The summed E-state index contributed by atoms with van der Waals surface area (Å²) < 4.78 is 27.5. The smallest absolute Gasteiger partial charge is 0.412 e. The van der Waals surface area contributed by atoms with Gasteiger partial charge < -0.3 is 39.0 Å². The minimum Gasteiger partial charge on any atom is -0.462 e. The first kappa shape index (κ1) is 78.0. The van der Waals surface area contributed by atoms with Gasteiger partial charge in [-0.2, -0.15) is 0 Å². The molecule has 1 aromatic rings. The van der Waals surface area contributed by atoms with Crippen LogP contribution in [0, 0.1) is 6.92 Å². The molecule has 4 atom stereocenters. The molecule has 16 heteroatoms. The number of rotatable bonds is 56. The van der Waals surface area contributed by atoms with E-state index < -0.39 is 43.3 Å². The summed E-state index contributed by atoms with van der Waals surface area (Å²) in [5.74, 6) is -1.79. The maximum absolute atomic E-state index is 13.0. The Morgan fingerprint density at radius 2 is 0.894 bits per heavy atom. The largest absolute Gasteiger partial charge is 0.462 e. The third-order valence-electron chi connectivity index (χ3n) is 14.8. The molecule has 486 valence electrons. The number of Topliss-reactive ketones (excluding diaryl/α,β-unsaturated/α-hetero) is 1. The van der Waals surface area contributed by atoms with E-state index in [1.807, 2.05) is 0 Å². The highest BCUT2D eigenvalue weighted by atomic mass is 16.6. The van der Waals surface area contributed by atoms with E-state index in [2.05, 4.69) is 67.9 Å². The highest BCUT2D eigenvalue weighted by molar-refractivity contribution is 5.91. The van der Waals surface area contributed by atoms with Gasteiger partial charge in [-0.15, -0.1) is 0 Å². The van der Waals surface area contributed by atoms with Crippen LogP contribution in [-0.2, 0) is 42.9 Å². The lowest BCUT2D eigenvalue weighted by molar-refractivity contribution is -0.167. The number of unbranched alkanes of at least 4 members (excludes halogenated alkanes) is 24. The topological polar surface area (TPSA) is 233 Å². The van der Waals surface area contributed by atoms with Crippen LogP contribution >= 0.6 is 0 Å². The molecule has 0 aliphatic rings. The molecule has 0 saturated carbocycles. The van der Waals surface area contributed by atoms with Crippen molar-refractivity contribution in [2.75, 3.05) is 37.1 Å². The molecule has 4 unspecified atom stereocenters. The molecule has 0 fully saturated rings. The Kier molecular flexibility index (Phi) is 50.9. The Balaban J connectivity index is 2.54. The molecular formula is C69H116N2O14. The fourth-order valence-electron chi connectivity index (χ4n) is 9.51. The fourth-order valence-corrected chi connectivity index (χ4v) is 9.51. The number of nitrogens with one attached hydrogen (secondary N) is 2. The van der Waals surface area contributed by atoms with Crippen LogP contribution in [0.15, 0.2) is 54.7 Å². The lowest BCUT2D eigenvalue weighted by Gasteiger charge is -2.18. The van der Waals surface area contributed by atoms with Gasteiger partial charge >= 0.3 is 30.1 Å². The number of carbonyl (C=O) groups is 6. The van der Waals surface area contributed by atoms with Crippen molar-refractivity contribution in [3.05, 3.63) is 60.2 Å². The number of amides is 2. The highest BCUT2D eigenvalue weighted by Gasteiger charge is 2.20. The number of ether oxygens (including phenoxy) is 5. The predicted octanol–water partition coefficient (Wildman–Crippen LogP) is 16.7. The monoisotopic (exact) mass is 1200 g/mol. The van der Waals surface area contributed by atoms with Crippen LogP contribution in [0.3, 0.4) is 0 Å². The summed E-state index contributed by atoms with van der Waals surface area (Å²) in [6.07, 6.45) is 44.9. The molecule has 5 N–H and O–H groups in total. The van der Waals surface area contributed by atoms with Crippen molar-refractivity contribution in [1.82, 2.24) is 0 Å². The number of aliphatic hydroxyl groups is 3. The number of hydrogen-bond donors (Lipinski definition) is 5. The number of esters is 3. The van der Waals surface area contributed by atoms with Crippen LogP contribution in [0.1, 0.15) is 277 Å². The molecule has 0 saturated heterocycles. The zero-order valence-electron chi connectivity index (χ0n) is 53.2. The summed E-state index contributed by atoms with van der Waals surface area (Å²) in [5, 5.41) is 34.5. The minimum atomic E-state index is -0.888. The number of anilines is 2. The van der Waals surface area contributed by atoms with E-state index in [0.717, 1.165) is 154 Å². The number of allylic oxidation sites excluding steroid dienone is 3. The van der Waals surface area contributed by atoms with Crippen molar-refractivity contribution in [3.8, 4) is 0 Å². The predicted molar refractivity (Wildman–Crippen MR) is 340 cm³/mol. The van der Waals surface area contributed by atoms with Crippen LogP contribution in [-0.4, -0.2) is 102 Å². The van der Waals surface area contributed by atoms with Crippen molar-refractivity contribution in [2.45, 2.75) is 303 Å². The summed E-state index contributed by atoms with van der Waals surface area (Å²) in [6.45, 7) is 6.66. The number of carbonyl (C=O) groups excluding carboxylic acids is 6. The second-order valence-corrected chi connectivity index (χ2v) is 23.0. The number of aryl methyl sites for hydroxylation is 1. The quantitative estimate of drug-likeness (QED) is 0.0177. The summed E-state index contributed by atoms with van der Waals surface area (Å²) in [7, 11) is 0. The Bertz CT molecular complexity index is 1970. The van der Waals surface area contributed by atoms with Crippen molar-refractivity contribution < 1.29 is 67.8 Å². The fraction of sp³-hybridized carbons (Fsp3) is 0.739. The molecular weight excluding hydrogens is 1080 g/mol. The van der Waals surface area contributed by atoms with E-state index in [4.69, 9.17) is 28.8 Å². The highest BCUT2D eigenvalue weighted by Crippen LogP contribution is 2.23. The Morgan fingerprint density at radius 1 is 0.459 bits per heavy atom. The van der Waals surface area contributed by atoms with Gasteiger partial charge in [0.2, 0.25) is 0 Å².